The maximum atomic E-state index is 12.3. The number of anilines is 1. The lowest BCUT2D eigenvalue weighted by Gasteiger charge is -2.27. The van der Waals surface area contributed by atoms with Gasteiger partial charge in [-0.25, -0.2) is 9.97 Å². The standard InChI is InChI=1S/C16H18N6O2/c23-14(12-2-5-20-21-6-12)19-9-16-10-22(7-13(16)8-24-11-16)15-17-3-1-4-18-15/h1-6,13H,7-11H2,(H,19,23)/t13-,16+/m1/s1. The first-order chi connectivity index (χ1) is 11.8. The highest BCUT2D eigenvalue weighted by atomic mass is 16.5. The summed E-state index contributed by atoms with van der Waals surface area (Å²) in [5.74, 6) is 0.951. The average molecular weight is 326 g/mol. The molecule has 0 saturated carbocycles. The number of rotatable bonds is 4. The third-order valence-corrected chi connectivity index (χ3v) is 4.80. The van der Waals surface area contributed by atoms with E-state index in [1.54, 1.807) is 18.5 Å². The van der Waals surface area contributed by atoms with Gasteiger partial charge in [-0.1, -0.05) is 0 Å². The highest BCUT2D eigenvalue weighted by molar-refractivity contribution is 5.93. The maximum absolute atomic E-state index is 12.3. The SMILES string of the molecule is O=C(NC[C@]12COC[C@H]1CN(c1ncccn1)C2)c1ccnnc1. The molecule has 24 heavy (non-hydrogen) atoms. The number of ether oxygens (including phenoxy) is 1. The summed E-state index contributed by atoms with van der Waals surface area (Å²) in [4.78, 5) is 23.1. The average Bonchev–Trinajstić information content (AvgIpc) is 3.18. The number of aromatic nitrogens is 4. The highest BCUT2D eigenvalue weighted by Gasteiger charge is 2.51. The van der Waals surface area contributed by atoms with Crippen molar-refractivity contribution in [1.29, 1.82) is 0 Å². The fourth-order valence-electron chi connectivity index (χ4n) is 3.47. The first-order valence-corrected chi connectivity index (χ1v) is 7.91. The molecule has 4 rings (SSSR count). The summed E-state index contributed by atoms with van der Waals surface area (Å²) in [5.41, 5.74) is 0.410. The second-order valence-corrected chi connectivity index (χ2v) is 6.32. The van der Waals surface area contributed by atoms with E-state index in [9.17, 15) is 4.79 Å². The number of amides is 1. The van der Waals surface area contributed by atoms with Crippen molar-refractivity contribution in [1.82, 2.24) is 25.5 Å². The van der Waals surface area contributed by atoms with Crippen LogP contribution in [0, 0.1) is 11.3 Å². The van der Waals surface area contributed by atoms with Crippen molar-refractivity contribution in [2.75, 3.05) is 37.7 Å². The molecule has 1 amide bonds. The minimum absolute atomic E-state index is 0.102. The summed E-state index contributed by atoms with van der Waals surface area (Å²) >= 11 is 0. The van der Waals surface area contributed by atoms with Crippen molar-refractivity contribution in [2.45, 2.75) is 0 Å². The molecule has 124 valence electrons. The van der Waals surface area contributed by atoms with E-state index in [1.807, 2.05) is 6.07 Å². The number of nitrogens with one attached hydrogen (secondary N) is 1. The van der Waals surface area contributed by atoms with Crippen molar-refractivity contribution in [3.8, 4) is 0 Å². The number of hydrogen-bond donors (Lipinski definition) is 1. The molecule has 8 heteroatoms. The van der Waals surface area contributed by atoms with E-state index >= 15 is 0 Å². The van der Waals surface area contributed by atoms with Crippen molar-refractivity contribution in [3.05, 3.63) is 42.5 Å². The Labute approximate surface area is 139 Å². The van der Waals surface area contributed by atoms with Crippen LogP contribution in [-0.4, -0.2) is 58.9 Å². The zero-order valence-electron chi connectivity index (χ0n) is 13.1. The zero-order chi connectivity index (χ0) is 16.4. The molecule has 0 unspecified atom stereocenters. The Hall–Kier alpha value is -2.61. The number of carbonyl (C=O) groups excluding carboxylic acids is 1. The number of nitrogens with zero attached hydrogens (tertiary/aromatic N) is 5. The van der Waals surface area contributed by atoms with E-state index in [-0.39, 0.29) is 11.3 Å². The molecule has 0 aliphatic carbocycles. The molecule has 2 atom stereocenters. The van der Waals surface area contributed by atoms with Gasteiger partial charge in [-0.05, 0) is 12.1 Å². The Morgan fingerprint density at radius 1 is 1.33 bits per heavy atom. The monoisotopic (exact) mass is 326 g/mol. The van der Waals surface area contributed by atoms with Crippen molar-refractivity contribution in [2.24, 2.45) is 11.3 Å². The Morgan fingerprint density at radius 2 is 2.21 bits per heavy atom. The smallest absolute Gasteiger partial charge is 0.252 e. The van der Waals surface area contributed by atoms with E-state index in [2.05, 4.69) is 30.4 Å². The van der Waals surface area contributed by atoms with Gasteiger partial charge < -0.3 is 15.0 Å². The van der Waals surface area contributed by atoms with Crippen molar-refractivity contribution < 1.29 is 9.53 Å². The fraction of sp³-hybridized carbons (Fsp3) is 0.438. The van der Waals surface area contributed by atoms with Gasteiger partial charge in [0.2, 0.25) is 5.95 Å². The Bertz CT molecular complexity index is 713. The molecule has 2 saturated heterocycles. The molecule has 8 nitrogen and oxygen atoms in total. The topological polar surface area (TPSA) is 93.1 Å². The van der Waals surface area contributed by atoms with E-state index in [0.717, 1.165) is 19.0 Å². The molecule has 2 fully saturated rings. The minimum Gasteiger partial charge on any atom is -0.380 e. The van der Waals surface area contributed by atoms with Gasteiger partial charge in [-0.15, -0.1) is 0 Å². The Kier molecular flexibility index (Phi) is 3.81. The molecule has 1 N–H and O–H groups in total. The molecule has 4 heterocycles. The first-order valence-electron chi connectivity index (χ1n) is 7.91. The lowest BCUT2D eigenvalue weighted by atomic mass is 9.81. The van der Waals surface area contributed by atoms with Crippen LogP contribution in [0.3, 0.4) is 0 Å². The minimum atomic E-state index is -0.140. The van der Waals surface area contributed by atoms with E-state index in [4.69, 9.17) is 4.74 Å². The number of carbonyl (C=O) groups is 1. The lowest BCUT2D eigenvalue weighted by Crippen LogP contribution is -2.43. The first kappa shape index (κ1) is 14.9. The summed E-state index contributed by atoms with van der Waals surface area (Å²) in [6, 6.07) is 3.46. The summed E-state index contributed by atoms with van der Waals surface area (Å²) < 4.78 is 5.70. The molecular weight excluding hydrogens is 308 g/mol. The number of hydrogen-bond acceptors (Lipinski definition) is 7. The normalized spacial score (nSPS) is 25.5. The van der Waals surface area contributed by atoms with Gasteiger partial charge in [0.25, 0.3) is 5.91 Å². The molecule has 2 aliphatic heterocycles. The van der Waals surface area contributed by atoms with Crippen molar-refractivity contribution >= 4 is 11.9 Å². The van der Waals surface area contributed by atoms with E-state index in [0.29, 0.717) is 31.2 Å². The van der Waals surface area contributed by atoms with Gasteiger partial charge in [0.1, 0.15) is 0 Å². The molecule has 0 bridgehead atoms. The van der Waals surface area contributed by atoms with Gasteiger partial charge in [0, 0.05) is 43.4 Å². The summed E-state index contributed by atoms with van der Waals surface area (Å²) in [5, 5.41) is 10.5. The second-order valence-electron chi connectivity index (χ2n) is 6.32. The van der Waals surface area contributed by atoms with Gasteiger partial charge in [-0.3, -0.25) is 4.79 Å². The Balaban J connectivity index is 1.46. The van der Waals surface area contributed by atoms with Gasteiger partial charge in [-0.2, -0.15) is 10.2 Å². The van der Waals surface area contributed by atoms with Crippen LogP contribution >= 0.6 is 0 Å². The maximum Gasteiger partial charge on any atom is 0.252 e. The van der Waals surface area contributed by atoms with E-state index in [1.165, 1.54) is 12.4 Å². The number of fused-ring (bicyclic) bond motifs is 1. The largest absolute Gasteiger partial charge is 0.380 e. The zero-order valence-corrected chi connectivity index (χ0v) is 13.1. The van der Waals surface area contributed by atoms with Crippen LogP contribution in [0.25, 0.3) is 0 Å². The van der Waals surface area contributed by atoms with Crippen LogP contribution in [0.5, 0.6) is 0 Å². The molecule has 0 radical (unpaired) electrons. The van der Waals surface area contributed by atoms with Crippen LogP contribution in [0.15, 0.2) is 36.9 Å². The summed E-state index contributed by atoms with van der Waals surface area (Å²) in [6.45, 7) is 3.52. The van der Waals surface area contributed by atoms with Crippen LogP contribution in [0.1, 0.15) is 10.4 Å². The van der Waals surface area contributed by atoms with Crippen LogP contribution in [-0.2, 0) is 4.74 Å². The molecule has 0 spiro atoms. The van der Waals surface area contributed by atoms with Crippen LogP contribution in [0.4, 0.5) is 5.95 Å². The quantitative estimate of drug-likeness (QED) is 0.855. The summed E-state index contributed by atoms with van der Waals surface area (Å²) in [6.07, 6.45) is 6.47. The van der Waals surface area contributed by atoms with Crippen LogP contribution in [0.2, 0.25) is 0 Å². The third-order valence-electron chi connectivity index (χ3n) is 4.80. The van der Waals surface area contributed by atoms with Gasteiger partial charge >= 0.3 is 0 Å². The van der Waals surface area contributed by atoms with E-state index < -0.39 is 0 Å². The molecule has 0 aromatic carbocycles. The lowest BCUT2D eigenvalue weighted by molar-refractivity contribution is 0.0919. The van der Waals surface area contributed by atoms with Crippen molar-refractivity contribution in [3.63, 3.8) is 0 Å². The highest BCUT2D eigenvalue weighted by Crippen LogP contribution is 2.41. The molecular formula is C16H18N6O2. The summed E-state index contributed by atoms with van der Waals surface area (Å²) in [7, 11) is 0. The molecule has 2 aromatic rings. The Morgan fingerprint density at radius 3 is 3.00 bits per heavy atom. The fourth-order valence-corrected chi connectivity index (χ4v) is 3.47. The van der Waals surface area contributed by atoms with Gasteiger partial charge in [0.15, 0.2) is 0 Å². The molecule has 2 aromatic heterocycles. The van der Waals surface area contributed by atoms with Crippen LogP contribution < -0.4 is 10.2 Å². The second kappa shape index (κ2) is 6.12. The predicted molar refractivity (Wildman–Crippen MR) is 85.4 cm³/mol. The van der Waals surface area contributed by atoms with Gasteiger partial charge in [0.05, 0.1) is 31.2 Å². The third kappa shape index (κ3) is 2.69. The predicted octanol–water partition coefficient (Wildman–Crippen LogP) is 0.149. The molecule has 2 aliphatic rings.